The van der Waals surface area contributed by atoms with Crippen molar-refractivity contribution < 1.29 is 23.9 Å². The van der Waals surface area contributed by atoms with E-state index in [4.69, 9.17) is 4.42 Å². The fourth-order valence-electron chi connectivity index (χ4n) is 3.52. The van der Waals surface area contributed by atoms with Crippen molar-refractivity contribution in [1.29, 1.82) is 0 Å². The number of carbonyl (C=O) groups excluding carboxylic acids is 2. The van der Waals surface area contributed by atoms with E-state index in [0.29, 0.717) is 24.1 Å². The number of benzene rings is 1. The molecule has 2 atom stereocenters. The molecule has 1 aromatic heterocycles. The molecule has 148 valence electrons. The molecule has 7 nitrogen and oxygen atoms in total. The zero-order chi connectivity index (χ0) is 20.1. The molecule has 2 aromatic rings. The number of carboxylic acids is 1. The van der Waals surface area contributed by atoms with Gasteiger partial charge in [0, 0.05) is 17.3 Å². The SMILES string of the molecule is Cc1ccc(C(=O)N[C@H]2CCCCC[C@H]2C(=O)O)cc1NC(=O)c1ccco1. The zero-order valence-corrected chi connectivity index (χ0v) is 15.7. The monoisotopic (exact) mass is 384 g/mol. The third-order valence-electron chi connectivity index (χ3n) is 5.14. The quantitative estimate of drug-likeness (QED) is 0.683. The number of nitrogens with one attached hydrogen (secondary N) is 2. The summed E-state index contributed by atoms with van der Waals surface area (Å²) < 4.78 is 5.08. The van der Waals surface area contributed by atoms with Crippen LogP contribution in [-0.4, -0.2) is 28.9 Å². The molecule has 1 aromatic carbocycles. The number of hydrogen-bond acceptors (Lipinski definition) is 4. The molecule has 1 aliphatic carbocycles. The van der Waals surface area contributed by atoms with Gasteiger partial charge in [0.25, 0.3) is 11.8 Å². The van der Waals surface area contributed by atoms with E-state index >= 15 is 0 Å². The topological polar surface area (TPSA) is 109 Å². The predicted octanol–water partition coefficient (Wildman–Crippen LogP) is 3.60. The second kappa shape index (κ2) is 8.73. The van der Waals surface area contributed by atoms with Crippen molar-refractivity contribution in [2.24, 2.45) is 5.92 Å². The first-order valence-electron chi connectivity index (χ1n) is 9.45. The maximum atomic E-state index is 12.7. The highest BCUT2D eigenvalue weighted by molar-refractivity contribution is 6.04. The summed E-state index contributed by atoms with van der Waals surface area (Å²) in [5, 5.41) is 15.1. The lowest BCUT2D eigenvalue weighted by atomic mass is 9.94. The molecule has 0 radical (unpaired) electrons. The highest BCUT2D eigenvalue weighted by Crippen LogP contribution is 2.25. The van der Waals surface area contributed by atoms with Crippen molar-refractivity contribution in [1.82, 2.24) is 5.32 Å². The zero-order valence-electron chi connectivity index (χ0n) is 15.7. The van der Waals surface area contributed by atoms with Crippen LogP contribution in [0.5, 0.6) is 0 Å². The van der Waals surface area contributed by atoms with E-state index in [9.17, 15) is 19.5 Å². The molecule has 0 unspecified atom stereocenters. The predicted molar refractivity (Wildman–Crippen MR) is 103 cm³/mol. The molecule has 0 aliphatic heterocycles. The number of aliphatic carboxylic acids is 1. The Hall–Kier alpha value is -3.09. The van der Waals surface area contributed by atoms with Gasteiger partial charge in [-0.25, -0.2) is 0 Å². The third kappa shape index (κ3) is 4.60. The summed E-state index contributed by atoms with van der Waals surface area (Å²) in [5.74, 6) is -2.01. The first-order chi connectivity index (χ1) is 13.5. The Morgan fingerprint density at radius 3 is 2.57 bits per heavy atom. The fourth-order valence-corrected chi connectivity index (χ4v) is 3.52. The molecule has 2 amide bonds. The molecule has 0 spiro atoms. The van der Waals surface area contributed by atoms with Gasteiger partial charge >= 0.3 is 5.97 Å². The maximum absolute atomic E-state index is 12.7. The molecule has 1 heterocycles. The second-order valence-corrected chi connectivity index (χ2v) is 7.12. The molecule has 0 bridgehead atoms. The maximum Gasteiger partial charge on any atom is 0.308 e. The summed E-state index contributed by atoms with van der Waals surface area (Å²) in [6, 6.07) is 7.79. The minimum absolute atomic E-state index is 0.178. The van der Waals surface area contributed by atoms with Crippen molar-refractivity contribution in [2.75, 3.05) is 5.32 Å². The van der Waals surface area contributed by atoms with Gasteiger partial charge in [-0.1, -0.05) is 25.3 Å². The number of carbonyl (C=O) groups is 3. The Morgan fingerprint density at radius 1 is 1.07 bits per heavy atom. The van der Waals surface area contributed by atoms with Crippen LogP contribution in [0.15, 0.2) is 41.0 Å². The number of aryl methyl sites for hydroxylation is 1. The number of carboxylic acid groups (broad SMARTS) is 1. The van der Waals surface area contributed by atoms with Gasteiger partial charge in [0.2, 0.25) is 0 Å². The molecular weight excluding hydrogens is 360 g/mol. The van der Waals surface area contributed by atoms with Crippen LogP contribution in [-0.2, 0) is 4.79 Å². The minimum Gasteiger partial charge on any atom is -0.481 e. The Bertz CT molecular complexity index is 860. The average molecular weight is 384 g/mol. The lowest BCUT2D eigenvalue weighted by molar-refractivity contribution is -0.142. The number of anilines is 1. The van der Waals surface area contributed by atoms with Crippen LogP contribution < -0.4 is 10.6 Å². The Balaban J connectivity index is 1.74. The van der Waals surface area contributed by atoms with Gasteiger partial charge < -0.3 is 20.2 Å². The lowest BCUT2D eigenvalue weighted by Gasteiger charge is -2.23. The standard InChI is InChI=1S/C21H24N2O5/c1-13-9-10-14(12-17(13)23-20(25)18-8-5-11-28-18)19(24)22-16-7-4-2-3-6-15(16)21(26)27/h5,8-12,15-16H,2-4,6-7H2,1H3,(H,22,24)(H,23,25)(H,26,27)/t15-,16+/m1/s1. The molecule has 3 N–H and O–H groups in total. The highest BCUT2D eigenvalue weighted by atomic mass is 16.4. The molecule has 3 rings (SSSR count). The van der Waals surface area contributed by atoms with Crippen molar-refractivity contribution in [3.8, 4) is 0 Å². The molecular formula is C21H24N2O5. The fraction of sp³-hybridized carbons (Fsp3) is 0.381. The first kappa shape index (κ1) is 19.7. The van der Waals surface area contributed by atoms with E-state index in [1.807, 2.05) is 6.92 Å². The van der Waals surface area contributed by atoms with Crippen LogP contribution in [0.3, 0.4) is 0 Å². The van der Waals surface area contributed by atoms with Crippen molar-refractivity contribution >= 4 is 23.5 Å². The van der Waals surface area contributed by atoms with E-state index in [1.54, 1.807) is 30.3 Å². The van der Waals surface area contributed by atoms with E-state index in [2.05, 4.69) is 10.6 Å². The van der Waals surface area contributed by atoms with Crippen LogP contribution in [0.4, 0.5) is 5.69 Å². The summed E-state index contributed by atoms with van der Waals surface area (Å²) in [4.78, 5) is 36.5. The highest BCUT2D eigenvalue weighted by Gasteiger charge is 2.30. The normalized spacial score (nSPS) is 19.5. The average Bonchev–Trinajstić information content (AvgIpc) is 3.10. The molecule has 1 aliphatic rings. The molecule has 7 heteroatoms. The molecule has 0 saturated heterocycles. The largest absolute Gasteiger partial charge is 0.481 e. The Kier molecular flexibility index (Phi) is 6.13. The van der Waals surface area contributed by atoms with Gasteiger partial charge in [0.05, 0.1) is 12.2 Å². The number of hydrogen-bond donors (Lipinski definition) is 3. The van der Waals surface area contributed by atoms with Crippen LogP contribution in [0.2, 0.25) is 0 Å². The number of furan rings is 1. The van der Waals surface area contributed by atoms with Gasteiger partial charge in [0.1, 0.15) is 0 Å². The first-order valence-corrected chi connectivity index (χ1v) is 9.45. The van der Waals surface area contributed by atoms with Crippen LogP contribution >= 0.6 is 0 Å². The Morgan fingerprint density at radius 2 is 1.86 bits per heavy atom. The van der Waals surface area contributed by atoms with E-state index in [0.717, 1.165) is 24.8 Å². The smallest absolute Gasteiger partial charge is 0.308 e. The van der Waals surface area contributed by atoms with E-state index in [-0.39, 0.29) is 11.7 Å². The third-order valence-corrected chi connectivity index (χ3v) is 5.14. The molecule has 1 saturated carbocycles. The summed E-state index contributed by atoms with van der Waals surface area (Å²) >= 11 is 0. The second-order valence-electron chi connectivity index (χ2n) is 7.12. The van der Waals surface area contributed by atoms with Crippen LogP contribution in [0.1, 0.15) is 58.6 Å². The lowest BCUT2D eigenvalue weighted by Crippen LogP contribution is -2.42. The van der Waals surface area contributed by atoms with E-state index in [1.165, 1.54) is 6.26 Å². The Labute approximate surface area is 163 Å². The van der Waals surface area contributed by atoms with Crippen molar-refractivity contribution in [2.45, 2.75) is 45.1 Å². The minimum atomic E-state index is -0.873. The van der Waals surface area contributed by atoms with Gasteiger partial charge in [-0.3, -0.25) is 14.4 Å². The van der Waals surface area contributed by atoms with Gasteiger partial charge in [0.15, 0.2) is 5.76 Å². The number of rotatable bonds is 5. The van der Waals surface area contributed by atoms with Crippen LogP contribution in [0.25, 0.3) is 0 Å². The van der Waals surface area contributed by atoms with Crippen molar-refractivity contribution in [3.63, 3.8) is 0 Å². The molecule has 28 heavy (non-hydrogen) atoms. The summed E-state index contributed by atoms with van der Waals surface area (Å²) in [6.07, 6.45) is 5.36. The van der Waals surface area contributed by atoms with E-state index < -0.39 is 23.8 Å². The van der Waals surface area contributed by atoms with Crippen LogP contribution in [0, 0.1) is 12.8 Å². The summed E-state index contributed by atoms with van der Waals surface area (Å²) in [5.41, 5.74) is 1.67. The van der Waals surface area contributed by atoms with Gasteiger partial charge in [-0.05, 0) is 49.6 Å². The van der Waals surface area contributed by atoms with Gasteiger partial charge in [-0.2, -0.15) is 0 Å². The summed E-state index contributed by atoms with van der Waals surface area (Å²) in [7, 11) is 0. The van der Waals surface area contributed by atoms with Gasteiger partial charge in [-0.15, -0.1) is 0 Å². The van der Waals surface area contributed by atoms with Crippen molar-refractivity contribution in [3.05, 3.63) is 53.5 Å². The summed E-state index contributed by atoms with van der Waals surface area (Å²) in [6.45, 7) is 1.82. The number of amides is 2. The molecule has 1 fully saturated rings.